The molecule has 2 heterocycles. The van der Waals surface area contributed by atoms with Crippen molar-refractivity contribution in [1.29, 1.82) is 0 Å². The lowest BCUT2D eigenvalue weighted by Gasteiger charge is -2.18. The van der Waals surface area contributed by atoms with Crippen molar-refractivity contribution in [1.82, 2.24) is 14.8 Å². The molecule has 1 aromatic rings. The summed E-state index contributed by atoms with van der Waals surface area (Å²) in [5, 5.41) is 6.19. The lowest BCUT2D eigenvalue weighted by molar-refractivity contribution is -0.118. The molecule has 0 saturated heterocycles. The largest absolute Gasteiger partial charge is 0.465 e. The molecule has 1 N–H and O–H groups in total. The maximum Gasteiger partial charge on any atom is 0.341 e. The topological polar surface area (TPSA) is 97.3 Å². The Morgan fingerprint density at radius 2 is 1.96 bits per heavy atom. The number of anilines is 1. The molecular weight excluding hydrogens is 336 g/mol. The number of methoxy groups -OCH3 is 1. The molecule has 1 amide bonds. The lowest BCUT2D eigenvalue weighted by atomic mass is 10.1. The zero-order chi connectivity index (χ0) is 18.7. The smallest absolute Gasteiger partial charge is 0.341 e. The van der Waals surface area contributed by atoms with Crippen molar-refractivity contribution in [3.63, 3.8) is 0 Å². The van der Waals surface area contributed by atoms with Crippen LogP contribution in [0.5, 0.6) is 0 Å². The first-order valence-electron chi connectivity index (χ1n) is 7.99. The van der Waals surface area contributed by atoms with E-state index < -0.39 is 11.5 Å². The Bertz CT molecular complexity index is 961. The van der Waals surface area contributed by atoms with E-state index in [0.717, 1.165) is 5.69 Å². The van der Waals surface area contributed by atoms with E-state index >= 15 is 0 Å². The minimum atomic E-state index is -0.594. The van der Waals surface area contributed by atoms with E-state index in [1.807, 2.05) is 30.3 Å². The van der Waals surface area contributed by atoms with Gasteiger partial charge in [-0.25, -0.2) is 9.89 Å². The number of aromatic amines is 1. The number of pyridine rings is 1. The molecule has 0 unspecified atom stereocenters. The van der Waals surface area contributed by atoms with Gasteiger partial charge in [0.1, 0.15) is 11.3 Å². The standard InChI is InChI=1S/C18H18N4O4/c1-21(12-6-4-3-5-7-12)15(23)8-9-22-10-13-16(19-20-17(13)24)14(11-22)18(25)26-2/h3-7,10-11H,8-9H2,1-2H3,(H,20,24). The third-order valence-corrected chi connectivity index (χ3v) is 4.12. The first-order valence-corrected chi connectivity index (χ1v) is 7.99. The van der Waals surface area contributed by atoms with E-state index in [0.29, 0.717) is 6.54 Å². The molecule has 0 saturated carbocycles. The van der Waals surface area contributed by atoms with Gasteiger partial charge in [-0.2, -0.15) is 5.10 Å². The van der Waals surface area contributed by atoms with Crippen LogP contribution in [-0.2, 0) is 16.1 Å². The monoisotopic (exact) mass is 354 g/mol. The van der Waals surface area contributed by atoms with Crippen molar-refractivity contribution in [3.05, 3.63) is 58.6 Å². The molecular formula is C18H18N4O4. The van der Waals surface area contributed by atoms with Crippen LogP contribution in [0.1, 0.15) is 16.8 Å². The van der Waals surface area contributed by atoms with Gasteiger partial charge >= 0.3 is 5.97 Å². The summed E-state index contributed by atoms with van der Waals surface area (Å²) < 4.78 is 6.37. The Kier molecular flexibility index (Phi) is 4.83. The highest BCUT2D eigenvalue weighted by atomic mass is 16.5. The maximum absolute atomic E-state index is 12.4. The molecule has 2 aliphatic heterocycles. The van der Waals surface area contributed by atoms with Gasteiger partial charge in [-0.05, 0) is 12.1 Å². The van der Waals surface area contributed by atoms with E-state index in [4.69, 9.17) is 4.74 Å². The number of hydrogen-bond acceptors (Lipinski definition) is 5. The Morgan fingerprint density at radius 3 is 2.65 bits per heavy atom. The molecule has 0 radical (unpaired) electrons. The summed E-state index contributed by atoms with van der Waals surface area (Å²) in [6.07, 6.45) is 3.31. The van der Waals surface area contributed by atoms with Gasteiger partial charge in [-0.3, -0.25) is 9.59 Å². The second-order valence-corrected chi connectivity index (χ2v) is 5.75. The molecule has 0 aromatic heterocycles. The van der Waals surface area contributed by atoms with Crippen molar-refractivity contribution in [2.45, 2.75) is 13.0 Å². The lowest BCUT2D eigenvalue weighted by Crippen LogP contribution is -2.27. The molecule has 0 fully saturated rings. The number of aryl methyl sites for hydroxylation is 1. The second kappa shape index (κ2) is 7.22. The highest BCUT2D eigenvalue weighted by molar-refractivity contribution is 5.96. The number of carbonyl (C=O) groups is 2. The first-order chi connectivity index (χ1) is 12.5. The van der Waals surface area contributed by atoms with Crippen molar-refractivity contribution in [2.24, 2.45) is 0 Å². The fourth-order valence-corrected chi connectivity index (χ4v) is 2.67. The van der Waals surface area contributed by atoms with E-state index in [-0.39, 0.29) is 29.1 Å². The fraction of sp³-hybridized carbons (Fsp3) is 0.222. The number of nitrogens with zero attached hydrogens (tertiary/aromatic N) is 3. The van der Waals surface area contributed by atoms with E-state index in [1.165, 1.54) is 13.3 Å². The molecule has 1 aromatic carbocycles. The minimum absolute atomic E-state index is 0.0852. The van der Waals surface area contributed by atoms with Crippen LogP contribution in [0.15, 0.2) is 47.5 Å². The molecule has 3 rings (SSSR count). The summed E-state index contributed by atoms with van der Waals surface area (Å²) in [6, 6.07) is 9.30. The van der Waals surface area contributed by atoms with Crippen LogP contribution < -0.4 is 10.5 Å². The molecule has 8 heteroatoms. The Hall–Kier alpha value is -3.42. The molecule has 0 aliphatic carbocycles. The SMILES string of the molecule is COC(=O)c1cn(CCC(=O)N(C)c2ccccc2)cc2c(=O)[nH]nc1-2. The second-order valence-electron chi connectivity index (χ2n) is 5.75. The summed E-state index contributed by atoms with van der Waals surface area (Å²) in [7, 11) is 2.96. The number of carbonyl (C=O) groups excluding carboxylic acids is 2. The molecule has 26 heavy (non-hydrogen) atoms. The summed E-state index contributed by atoms with van der Waals surface area (Å²) >= 11 is 0. The van der Waals surface area contributed by atoms with Gasteiger partial charge in [0.15, 0.2) is 0 Å². The van der Waals surface area contributed by atoms with Crippen molar-refractivity contribution in [2.75, 3.05) is 19.1 Å². The number of fused-ring (bicyclic) bond motifs is 1. The predicted octanol–water partition coefficient (Wildman–Crippen LogP) is 1.52. The fourth-order valence-electron chi connectivity index (χ4n) is 2.67. The number of benzene rings is 1. The van der Waals surface area contributed by atoms with Gasteiger partial charge in [0.2, 0.25) is 5.91 Å². The maximum atomic E-state index is 12.4. The van der Waals surface area contributed by atoms with Crippen LogP contribution in [0.4, 0.5) is 5.69 Å². The molecule has 0 bridgehead atoms. The number of aromatic nitrogens is 3. The zero-order valence-electron chi connectivity index (χ0n) is 14.4. The summed E-state index contributed by atoms with van der Waals surface area (Å²) in [5.41, 5.74) is 1.10. The third-order valence-electron chi connectivity index (χ3n) is 4.12. The number of esters is 1. The quantitative estimate of drug-likeness (QED) is 0.701. The zero-order valence-corrected chi connectivity index (χ0v) is 14.4. The van der Waals surface area contributed by atoms with E-state index in [1.54, 1.807) is 22.7 Å². The van der Waals surface area contributed by atoms with Gasteiger partial charge < -0.3 is 14.2 Å². The molecule has 0 spiro atoms. The van der Waals surface area contributed by atoms with Gasteiger partial charge in [0, 0.05) is 38.1 Å². The third kappa shape index (κ3) is 3.34. The number of rotatable bonds is 5. The predicted molar refractivity (Wildman–Crippen MR) is 95.3 cm³/mol. The van der Waals surface area contributed by atoms with Gasteiger partial charge in [-0.1, -0.05) is 18.2 Å². The Balaban J connectivity index is 1.81. The molecule has 134 valence electrons. The number of hydrogen-bond donors (Lipinski definition) is 1. The average Bonchev–Trinajstić information content (AvgIpc) is 3.05. The first kappa shape index (κ1) is 17.4. The molecule has 8 nitrogen and oxygen atoms in total. The number of nitrogens with one attached hydrogen (secondary N) is 1. The number of amides is 1. The van der Waals surface area contributed by atoms with Crippen molar-refractivity contribution in [3.8, 4) is 11.3 Å². The van der Waals surface area contributed by atoms with Gasteiger partial charge in [0.05, 0.1) is 12.7 Å². The number of ether oxygens (including phenoxy) is 1. The van der Waals surface area contributed by atoms with Crippen LogP contribution in [0.2, 0.25) is 0 Å². The Morgan fingerprint density at radius 1 is 1.23 bits per heavy atom. The van der Waals surface area contributed by atoms with Crippen molar-refractivity contribution < 1.29 is 14.3 Å². The van der Waals surface area contributed by atoms with E-state index in [2.05, 4.69) is 10.2 Å². The minimum Gasteiger partial charge on any atom is -0.465 e. The molecule has 0 atom stereocenters. The summed E-state index contributed by atoms with van der Waals surface area (Å²) in [4.78, 5) is 37.8. The van der Waals surface area contributed by atoms with Crippen LogP contribution >= 0.6 is 0 Å². The van der Waals surface area contributed by atoms with Crippen LogP contribution in [0.3, 0.4) is 0 Å². The van der Waals surface area contributed by atoms with Crippen molar-refractivity contribution >= 4 is 17.6 Å². The number of para-hydroxylation sites is 1. The average molecular weight is 354 g/mol. The van der Waals surface area contributed by atoms with E-state index in [9.17, 15) is 14.4 Å². The normalized spacial score (nSPS) is 10.7. The Labute approximate surface area is 149 Å². The van der Waals surface area contributed by atoms with Crippen LogP contribution in [-0.4, -0.2) is 40.8 Å². The summed E-state index contributed by atoms with van der Waals surface area (Å²) in [6.45, 7) is 0.306. The van der Waals surface area contributed by atoms with Gasteiger partial charge in [0.25, 0.3) is 5.56 Å². The van der Waals surface area contributed by atoms with Crippen LogP contribution in [0, 0.1) is 0 Å². The number of H-pyrrole nitrogens is 1. The highest BCUT2D eigenvalue weighted by Crippen LogP contribution is 2.21. The molecule has 2 aliphatic rings. The highest BCUT2D eigenvalue weighted by Gasteiger charge is 2.22. The summed E-state index contributed by atoms with van der Waals surface area (Å²) in [5.74, 6) is -0.679. The van der Waals surface area contributed by atoms with Crippen LogP contribution in [0.25, 0.3) is 11.3 Å². The van der Waals surface area contributed by atoms with Gasteiger partial charge in [-0.15, -0.1) is 0 Å².